The zero-order valence-corrected chi connectivity index (χ0v) is 11.9. The Bertz CT molecular complexity index is 475. The van der Waals surface area contributed by atoms with Crippen molar-refractivity contribution in [3.8, 4) is 0 Å². The topological polar surface area (TPSA) is 17.3 Å². The Morgan fingerprint density at radius 3 is 2.29 bits per heavy atom. The van der Waals surface area contributed by atoms with Gasteiger partial charge in [0, 0.05) is 23.5 Å². The van der Waals surface area contributed by atoms with Gasteiger partial charge in [-0.2, -0.15) is 0 Å². The highest BCUT2D eigenvalue weighted by Crippen LogP contribution is 2.23. The number of hydrogen-bond acceptors (Lipinski definition) is 1. The highest BCUT2D eigenvalue weighted by atomic mass is 15.0. The number of pyridine rings is 1. The lowest BCUT2D eigenvalue weighted by molar-refractivity contribution is 0.563. The van der Waals surface area contributed by atoms with Gasteiger partial charge in [0.1, 0.15) is 5.65 Å². The molecule has 2 heterocycles. The molecule has 2 heteroatoms. The summed E-state index contributed by atoms with van der Waals surface area (Å²) in [6, 6.07) is 4.15. The number of hydrogen-bond donors (Lipinski definition) is 0. The van der Waals surface area contributed by atoms with Crippen LogP contribution >= 0.6 is 0 Å². The molecular formula is C15H24N2. The van der Waals surface area contributed by atoms with E-state index in [-0.39, 0.29) is 5.41 Å². The average Bonchev–Trinajstić information content (AvgIpc) is 2.60. The van der Waals surface area contributed by atoms with Crippen molar-refractivity contribution in [3.05, 3.63) is 35.8 Å². The molecule has 0 aliphatic carbocycles. The van der Waals surface area contributed by atoms with Gasteiger partial charge in [-0.15, -0.1) is 0 Å². The van der Waals surface area contributed by atoms with Gasteiger partial charge in [0.05, 0.1) is 0 Å². The monoisotopic (exact) mass is 232 g/mol. The standard InChI is InChI=1S/C12H16N2.C3H8/c1-9-5-6-11-13-7-10(12(2,3)4)14(11)8-9;1-3-2/h5-8H,1-4H3;3H2,1-2H3. The van der Waals surface area contributed by atoms with E-state index in [0.29, 0.717) is 0 Å². The van der Waals surface area contributed by atoms with E-state index in [2.05, 4.69) is 69.3 Å². The Labute approximate surface area is 105 Å². The minimum atomic E-state index is 0.146. The lowest BCUT2D eigenvalue weighted by Gasteiger charge is -2.17. The lowest BCUT2D eigenvalue weighted by atomic mass is 9.93. The number of rotatable bonds is 0. The van der Waals surface area contributed by atoms with E-state index in [4.69, 9.17) is 0 Å². The normalized spacial score (nSPS) is 11.2. The third kappa shape index (κ3) is 3.32. The quantitative estimate of drug-likeness (QED) is 0.660. The third-order valence-electron chi connectivity index (χ3n) is 2.42. The van der Waals surface area contributed by atoms with Gasteiger partial charge in [0.15, 0.2) is 0 Å². The molecule has 0 bridgehead atoms. The van der Waals surface area contributed by atoms with Crippen molar-refractivity contribution in [2.45, 2.75) is 53.4 Å². The van der Waals surface area contributed by atoms with Gasteiger partial charge in [-0.3, -0.25) is 0 Å². The maximum Gasteiger partial charge on any atom is 0.136 e. The van der Waals surface area contributed by atoms with E-state index in [1.54, 1.807) is 0 Å². The maximum absolute atomic E-state index is 4.39. The molecule has 0 aromatic carbocycles. The molecule has 2 aromatic rings. The second-order valence-corrected chi connectivity index (χ2v) is 5.54. The van der Waals surface area contributed by atoms with Gasteiger partial charge in [0.2, 0.25) is 0 Å². The van der Waals surface area contributed by atoms with E-state index in [0.717, 1.165) is 5.65 Å². The fourth-order valence-electron chi connectivity index (χ4n) is 1.64. The zero-order valence-electron chi connectivity index (χ0n) is 11.9. The van der Waals surface area contributed by atoms with Crippen molar-refractivity contribution in [1.82, 2.24) is 9.38 Å². The summed E-state index contributed by atoms with van der Waals surface area (Å²) >= 11 is 0. The summed E-state index contributed by atoms with van der Waals surface area (Å²) in [4.78, 5) is 4.39. The second kappa shape index (κ2) is 5.35. The van der Waals surface area contributed by atoms with Crippen LogP contribution < -0.4 is 0 Å². The van der Waals surface area contributed by atoms with Crippen LogP contribution in [0, 0.1) is 6.92 Å². The summed E-state index contributed by atoms with van der Waals surface area (Å²) in [5.74, 6) is 0. The van der Waals surface area contributed by atoms with E-state index in [9.17, 15) is 0 Å². The Kier molecular flexibility index (Phi) is 4.33. The fourth-order valence-corrected chi connectivity index (χ4v) is 1.64. The highest BCUT2D eigenvalue weighted by Gasteiger charge is 2.18. The van der Waals surface area contributed by atoms with Crippen LogP contribution in [-0.2, 0) is 5.41 Å². The first-order valence-corrected chi connectivity index (χ1v) is 6.34. The molecular weight excluding hydrogens is 208 g/mol. The van der Waals surface area contributed by atoms with E-state index in [1.165, 1.54) is 17.7 Å². The zero-order chi connectivity index (χ0) is 13.1. The first-order chi connectivity index (χ1) is 7.90. The Morgan fingerprint density at radius 1 is 1.18 bits per heavy atom. The third-order valence-corrected chi connectivity index (χ3v) is 2.42. The van der Waals surface area contributed by atoms with Crippen molar-refractivity contribution in [2.24, 2.45) is 0 Å². The Morgan fingerprint density at radius 2 is 1.76 bits per heavy atom. The minimum Gasteiger partial charge on any atom is -0.303 e. The molecule has 0 N–H and O–H groups in total. The number of imidazole rings is 1. The van der Waals surface area contributed by atoms with Gasteiger partial charge >= 0.3 is 0 Å². The first-order valence-electron chi connectivity index (χ1n) is 6.34. The molecule has 0 saturated carbocycles. The van der Waals surface area contributed by atoms with Crippen molar-refractivity contribution in [2.75, 3.05) is 0 Å². The smallest absolute Gasteiger partial charge is 0.136 e. The maximum atomic E-state index is 4.39. The molecule has 0 radical (unpaired) electrons. The van der Waals surface area contributed by atoms with Gasteiger partial charge < -0.3 is 4.40 Å². The van der Waals surface area contributed by atoms with E-state index in [1.807, 2.05) is 6.20 Å². The van der Waals surface area contributed by atoms with Crippen LogP contribution in [0.3, 0.4) is 0 Å². The van der Waals surface area contributed by atoms with Gasteiger partial charge in [-0.05, 0) is 18.6 Å². The molecule has 0 spiro atoms. The van der Waals surface area contributed by atoms with Crippen molar-refractivity contribution >= 4 is 5.65 Å². The Hall–Kier alpha value is -1.31. The van der Waals surface area contributed by atoms with Crippen LogP contribution in [0.25, 0.3) is 5.65 Å². The minimum absolute atomic E-state index is 0.146. The molecule has 0 saturated heterocycles. The molecule has 94 valence electrons. The number of aryl methyl sites for hydroxylation is 1. The average molecular weight is 232 g/mol. The summed E-state index contributed by atoms with van der Waals surface area (Å²) in [6.07, 6.45) is 5.36. The molecule has 0 unspecified atom stereocenters. The van der Waals surface area contributed by atoms with Crippen LogP contribution in [0.4, 0.5) is 0 Å². The highest BCUT2D eigenvalue weighted by molar-refractivity contribution is 5.42. The number of aromatic nitrogens is 2. The SMILES string of the molecule is CCC.Cc1ccc2ncc(C(C)(C)C)n2c1. The largest absolute Gasteiger partial charge is 0.303 e. The van der Waals surface area contributed by atoms with Crippen LogP contribution in [0.2, 0.25) is 0 Å². The summed E-state index contributed by atoms with van der Waals surface area (Å²) in [5, 5.41) is 0. The summed E-state index contributed by atoms with van der Waals surface area (Å²) in [6.45, 7) is 13.0. The summed E-state index contributed by atoms with van der Waals surface area (Å²) in [5.41, 5.74) is 3.70. The molecule has 0 aliphatic heterocycles. The van der Waals surface area contributed by atoms with Crippen LogP contribution in [0.15, 0.2) is 24.5 Å². The predicted molar refractivity (Wildman–Crippen MR) is 74.6 cm³/mol. The molecule has 2 nitrogen and oxygen atoms in total. The molecule has 17 heavy (non-hydrogen) atoms. The molecule has 0 amide bonds. The van der Waals surface area contributed by atoms with Gasteiger partial charge in [-0.25, -0.2) is 4.98 Å². The van der Waals surface area contributed by atoms with Crippen molar-refractivity contribution < 1.29 is 0 Å². The Balaban J connectivity index is 0.000000437. The fraction of sp³-hybridized carbons (Fsp3) is 0.533. The second-order valence-electron chi connectivity index (χ2n) is 5.54. The predicted octanol–water partition coefficient (Wildman–Crippen LogP) is 4.36. The molecule has 0 aliphatic rings. The summed E-state index contributed by atoms with van der Waals surface area (Å²) in [7, 11) is 0. The number of fused-ring (bicyclic) bond motifs is 1. The number of nitrogens with zero attached hydrogens (tertiary/aromatic N) is 2. The van der Waals surface area contributed by atoms with E-state index >= 15 is 0 Å². The molecule has 0 fully saturated rings. The van der Waals surface area contributed by atoms with Crippen molar-refractivity contribution in [3.63, 3.8) is 0 Å². The van der Waals surface area contributed by atoms with Crippen molar-refractivity contribution in [1.29, 1.82) is 0 Å². The molecule has 0 atom stereocenters. The summed E-state index contributed by atoms with van der Waals surface area (Å²) < 4.78 is 2.18. The lowest BCUT2D eigenvalue weighted by Crippen LogP contribution is -2.14. The van der Waals surface area contributed by atoms with Gasteiger partial charge in [0.25, 0.3) is 0 Å². The van der Waals surface area contributed by atoms with Crippen LogP contribution in [-0.4, -0.2) is 9.38 Å². The first kappa shape index (κ1) is 13.8. The van der Waals surface area contributed by atoms with Crippen LogP contribution in [0.1, 0.15) is 52.3 Å². The van der Waals surface area contributed by atoms with Gasteiger partial charge in [-0.1, -0.05) is 47.1 Å². The molecule has 2 aromatic heterocycles. The van der Waals surface area contributed by atoms with E-state index < -0.39 is 0 Å². The molecule has 2 rings (SSSR count). The van der Waals surface area contributed by atoms with Crippen LogP contribution in [0.5, 0.6) is 0 Å².